The summed E-state index contributed by atoms with van der Waals surface area (Å²) in [7, 11) is 2.79. The van der Waals surface area contributed by atoms with Gasteiger partial charge in [-0.1, -0.05) is 18.2 Å². The number of halogens is 1. The Morgan fingerprint density at radius 1 is 1.16 bits per heavy atom. The molecule has 5 nitrogen and oxygen atoms in total. The van der Waals surface area contributed by atoms with E-state index < -0.39 is 12.1 Å². The van der Waals surface area contributed by atoms with Crippen molar-refractivity contribution in [3.8, 4) is 11.5 Å². The van der Waals surface area contributed by atoms with Crippen molar-refractivity contribution in [2.24, 2.45) is 0 Å². The molecule has 0 saturated carbocycles. The van der Waals surface area contributed by atoms with E-state index in [0.29, 0.717) is 17.1 Å². The van der Waals surface area contributed by atoms with E-state index in [1.165, 1.54) is 44.6 Å². The zero-order chi connectivity index (χ0) is 18.2. The van der Waals surface area contributed by atoms with Gasteiger partial charge in [0, 0.05) is 6.08 Å². The Morgan fingerprint density at radius 2 is 1.88 bits per heavy atom. The van der Waals surface area contributed by atoms with Gasteiger partial charge < -0.3 is 19.3 Å². The first-order valence-electron chi connectivity index (χ1n) is 7.54. The summed E-state index contributed by atoms with van der Waals surface area (Å²) in [5.74, 6) is 0.0769. The van der Waals surface area contributed by atoms with Gasteiger partial charge in [0.15, 0.2) is 11.5 Å². The lowest BCUT2D eigenvalue weighted by Crippen LogP contribution is -2.10. The molecule has 2 aromatic carbocycles. The van der Waals surface area contributed by atoms with Crippen LogP contribution in [0.4, 0.5) is 4.39 Å². The van der Waals surface area contributed by atoms with Crippen LogP contribution in [0.25, 0.3) is 6.08 Å². The third kappa shape index (κ3) is 5.32. The first-order chi connectivity index (χ1) is 12.0. The Hall–Kier alpha value is -2.86. The summed E-state index contributed by atoms with van der Waals surface area (Å²) in [5, 5.41) is 10.1. The summed E-state index contributed by atoms with van der Waals surface area (Å²) < 4.78 is 28.3. The lowest BCUT2D eigenvalue weighted by molar-refractivity contribution is -0.134. The summed E-state index contributed by atoms with van der Waals surface area (Å²) in [4.78, 5) is 11.1. The highest BCUT2D eigenvalue weighted by molar-refractivity contribution is 5.87. The normalized spacial score (nSPS) is 12.0. The molecule has 6 heteroatoms. The van der Waals surface area contributed by atoms with Crippen molar-refractivity contribution >= 4 is 12.0 Å². The number of esters is 1. The van der Waals surface area contributed by atoms with E-state index in [-0.39, 0.29) is 12.4 Å². The van der Waals surface area contributed by atoms with Gasteiger partial charge >= 0.3 is 5.97 Å². The fraction of sp³-hybridized carbons (Fsp3) is 0.211. The Morgan fingerprint density at radius 3 is 2.52 bits per heavy atom. The molecule has 25 heavy (non-hydrogen) atoms. The quantitative estimate of drug-likeness (QED) is 0.616. The SMILES string of the molecule is COC(=O)/C=C/c1ccc(OCC(O)c2ccc(F)cc2)c(OC)c1. The molecular weight excluding hydrogens is 327 g/mol. The van der Waals surface area contributed by atoms with E-state index in [1.807, 2.05) is 0 Å². The molecule has 0 radical (unpaired) electrons. The molecule has 0 fully saturated rings. The number of benzene rings is 2. The summed E-state index contributed by atoms with van der Waals surface area (Å²) >= 11 is 0. The largest absolute Gasteiger partial charge is 0.493 e. The molecule has 1 atom stereocenters. The molecule has 0 heterocycles. The number of aliphatic hydroxyl groups excluding tert-OH is 1. The maximum Gasteiger partial charge on any atom is 0.330 e. The highest BCUT2D eigenvalue weighted by atomic mass is 19.1. The molecule has 0 bridgehead atoms. The molecule has 0 saturated heterocycles. The van der Waals surface area contributed by atoms with Crippen LogP contribution in [0.3, 0.4) is 0 Å². The van der Waals surface area contributed by atoms with Crippen LogP contribution in [0.15, 0.2) is 48.5 Å². The van der Waals surface area contributed by atoms with Crippen LogP contribution in [0.2, 0.25) is 0 Å². The molecule has 2 aromatic rings. The molecule has 0 aliphatic heterocycles. The number of hydrogen-bond donors (Lipinski definition) is 1. The smallest absolute Gasteiger partial charge is 0.330 e. The standard InChI is InChI=1S/C19H19FO5/c1-23-18-11-13(4-10-19(22)24-2)3-9-17(18)25-12-16(21)14-5-7-15(20)8-6-14/h3-11,16,21H,12H2,1-2H3/b10-4+. The minimum Gasteiger partial charge on any atom is -0.493 e. The Balaban J connectivity index is 2.05. The van der Waals surface area contributed by atoms with Gasteiger partial charge in [-0.05, 0) is 41.5 Å². The fourth-order valence-corrected chi connectivity index (χ4v) is 2.09. The molecule has 1 unspecified atom stereocenters. The minimum atomic E-state index is -0.899. The second-order valence-electron chi connectivity index (χ2n) is 5.15. The van der Waals surface area contributed by atoms with Crippen LogP contribution >= 0.6 is 0 Å². The molecule has 0 spiro atoms. The van der Waals surface area contributed by atoms with Crippen LogP contribution in [0.5, 0.6) is 11.5 Å². The first kappa shape index (κ1) is 18.5. The third-order valence-corrected chi connectivity index (χ3v) is 3.45. The van der Waals surface area contributed by atoms with E-state index in [1.54, 1.807) is 24.3 Å². The van der Waals surface area contributed by atoms with Gasteiger partial charge in [-0.2, -0.15) is 0 Å². The van der Waals surface area contributed by atoms with Crippen molar-refractivity contribution in [1.82, 2.24) is 0 Å². The van der Waals surface area contributed by atoms with E-state index in [0.717, 1.165) is 5.56 Å². The van der Waals surface area contributed by atoms with Gasteiger partial charge in [0.05, 0.1) is 14.2 Å². The Kier molecular flexibility index (Phi) is 6.54. The van der Waals surface area contributed by atoms with Crippen molar-refractivity contribution in [3.05, 3.63) is 65.5 Å². The average Bonchev–Trinajstić information content (AvgIpc) is 2.64. The average molecular weight is 346 g/mol. The van der Waals surface area contributed by atoms with Gasteiger partial charge in [-0.3, -0.25) is 0 Å². The fourth-order valence-electron chi connectivity index (χ4n) is 2.09. The summed E-state index contributed by atoms with van der Waals surface area (Å²) in [6.07, 6.45) is 1.99. The maximum absolute atomic E-state index is 12.9. The van der Waals surface area contributed by atoms with Crippen molar-refractivity contribution < 1.29 is 28.5 Å². The molecule has 132 valence electrons. The highest BCUT2D eigenvalue weighted by Gasteiger charge is 2.11. The van der Waals surface area contributed by atoms with E-state index >= 15 is 0 Å². The molecule has 0 amide bonds. The zero-order valence-corrected chi connectivity index (χ0v) is 13.9. The minimum absolute atomic E-state index is 0.0145. The van der Waals surface area contributed by atoms with Crippen molar-refractivity contribution in [1.29, 1.82) is 0 Å². The maximum atomic E-state index is 12.9. The van der Waals surface area contributed by atoms with Crippen molar-refractivity contribution in [3.63, 3.8) is 0 Å². The first-order valence-corrected chi connectivity index (χ1v) is 7.54. The van der Waals surface area contributed by atoms with Crippen LogP contribution in [-0.2, 0) is 9.53 Å². The number of ether oxygens (including phenoxy) is 3. The monoisotopic (exact) mass is 346 g/mol. The molecular formula is C19H19FO5. The number of aliphatic hydroxyl groups is 1. The van der Waals surface area contributed by atoms with Crippen LogP contribution in [0.1, 0.15) is 17.2 Å². The highest BCUT2D eigenvalue weighted by Crippen LogP contribution is 2.29. The van der Waals surface area contributed by atoms with Gasteiger partial charge in [0.1, 0.15) is 18.5 Å². The number of rotatable bonds is 7. The summed E-state index contributed by atoms with van der Waals surface area (Å²) in [6, 6.07) is 10.7. The molecule has 0 aliphatic rings. The number of methoxy groups -OCH3 is 2. The predicted octanol–water partition coefficient (Wildman–Crippen LogP) is 3.13. The lowest BCUT2D eigenvalue weighted by atomic mass is 10.1. The van der Waals surface area contributed by atoms with Crippen molar-refractivity contribution in [2.45, 2.75) is 6.10 Å². The van der Waals surface area contributed by atoms with Crippen molar-refractivity contribution in [2.75, 3.05) is 20.8 Å². The molecule has 1 N–H and O–H groups in total. The zero-order valence-electron chi connectivity index (χ0n) is 13.9. The Labute approximate surface area is 145 Å². The second kappa shape index (κ2) is 8.84. The number of hydrogen-bond acceptors (Lipinski definition) is 5. The van der Waals surface area contributed by atoms with Gasteiger partial charge in [-0.15, -0.1) is 0 Å². The van der Waals surface area contributed by atoms with E-state index in [4.69, 9.17) is 9.47 Å². The van der Waals surface area contributed by atoms with E-state index in [9.17, 15) is 14.3 Å². The van der Waals surface area contributed by atoms with Gasteiger partial charge in [-0.25, -0.2) is 9.18 Å². The van der Waals surface area contributed by atoms with Crippen LogP contribution in [0, 0.1) is 5.82 Å². The summed E-state index contributed by atoms with van der Waals surface area (Å²) in [5.41, 5.74) is 1.28. The molecule has 0 aromatic heterocycles. The summed E-state index contributed by atoms with van der Waals surface area (Å²) in [6.45, 7) is -0.0145. The topological polar surface area (TPSA) is 65.0 Å². The second-order valence-corrected chi connectivity index (χ2v) is 5.15. The lowest BCUT2D eigenvalue weighted by Gasteiger charge is -2.15. The van der Waals surface area contributed by atoms with Gasteiger partial charge in [0.2, 0.25) is 0 Å². The molecule has 2 rings (SSSR count). The molecule has 0 aliphatic carbocycles. The van der Waals surface area contributed by atoms with Gasteiger partial charge in [0.25, 0.3) is 0 Å². The van der Waals surface area contributed by atoms with Crippen LogP contribution < -0.4 is 9.47 Å². The number of carbonyl (C=O) groups is 1. The predicted molar refractivity (Wildman–Crippen MR) is 90.9 cm³/mol. The third-order valence-electron chi connectivity index (χ3n) is 3.45. The Bertz CT molecular complexity index is 740. The number of carbonyl (C=O) groups excluding carboxylic acids is 1. The van der Waals surface area contributed by atoms with Crippen LogP contribution in [-0.4, -0.2) is 31.9 Å². The van der Waals surface area contributed by atoms with E-state index in [2.05, 4.69) is 4.74 Å².